The Balaban J connectivity index is 1.63. The third-order valence-corrected chi connectivity index (χ3v) is 5.71. The van der Waals surface area contributed by atoms with Crippen molar-refractivity contribution in [2.45, 2.75) is 27.7 Å². The Kier molecular flexibility index (Phi) is 4.81. The largest absolute Gasteiger partial charge is 0.495 e. The van der Waals surface area contributed by atoms with Crippen molar-refractivity contribution in [2.24, 2.45) is 17.3 Å². The first-order valence-corrected chi connectivity index (χ1v) is 9.18. The lowest BCUT2D eigenvalue weighted by Gasteiger charge is -2.37. The molecule has 25 heavy (non-hydrogen) atoms. The summed E-state index contributed by atoms with van der Waals surface area (Å²) in [5.41, 5.74) is 2.51. The van der Waals surface area contributed by atoms with Gasteiger partial charge in [-0.2, -0.15) is 0 Å². The quantitative estimate of drug-likeness (QED) is 0.784. The predicted molar refractivity (Wildman–Crippen MR) is 102 cm³/mol. The summed E-state index contributed by atoms with van der Waals surface area (Å²) in [6, 6.07) is 8.10. The second-order valence-corrected chi connectivity index (χ2v) is 8.05. The van der Waals surface area contributed by atoms with Crippen molar-refractivity contribution in [1.29, 1.82) is 0 Å². The maximum Gasteiger partial charge on any atom is 0.226 e. The molecule has 1 aliphatic heterocycles. The molecule has 0 bridgehead atoms. The van der Waals surface area contributed by atoms with Crippen molar-refractivity contribution in [3.8, 4) is 5.75 Å². The summed E-state index contributed by atoms with van der Waals surface area (Å²) in [6.45, 7) is 11.9. The first-order valence-electron chi connectivity index (χ1n) is 9.18. The van der Waals surface area contributed by atoms with Gasteiger partial charge >= 0.3 is 0 Å². The van der Waals surface area contributed by atoms with Crippen molar-refractivity contribution >= 4 is 11.6 Å². The summed E-state index contributed by atoms with van der Waals surface area (Å²) in [7, 11) is 1.71. The van der Waals surface area contributed by atoms with Crippen LogP contribution >= 0.6 is 0 Å². The van der Waals surface area contributed by atoms with Crippen LogP contribution in [0.25, 0.3) is 0 Å². The van der Waals surface area contributed by atoms with Gasteiger partial charge in [0, 0.05) is 26.2 Å². The molecule has 0 aromatic heterocycles. The van der Waals surface area contributed by atoms with E-state index in [1.807, 2.05) is 18.2 Å². The summed E-state index contributed by atoms with van der Waals surface area (Å²) in [4.78, 5) is 17.4. The summed E-state index contributed by atoms with van der Waals surface area (Å²) in [5.74, 6) is 1.75. The van der Waals surface area contributed by atoms with E-state index in [4.69, 9.17) is 4.74 Å². The highest BCUT2D eigenvalue weighted by atomic mass is 16.5. The van der Waals surface area contributed by atoms with Gasteiger partial charge in [0.05, 0.1) is 18.7 Å². The maximum absolute atomic E-state index is 13.0. The Morgan fingerprint density at radius 2 is 1.80 bits per heavy atom. The predicted octanol–water partition coefficient (Wildman–Crippen LogP) is 3.58. The monoisotopic (exact) mass is 342 g/mol. The molecule has 4 nitrogen and oxygen atoms in total. The maximum atomic E-state index is 13.0. The van der Waals surface area contributed by atoms with Crippen LogP contribution in [0.4, 0.5) is 5.69 Å². The molecule has 1 amide bonds. The molecule has 0 N–H and O–H groups in total. The molecule has 1 aromatic rings. The lowest BCUT2D eigenvalue weighted by atomic mass is 10.1. The van der Waals surface area contributed by atoms with Crippen molar-refractivity contribution in [3.05, 3.63) is 35.9 Å². The Morgan fingerprint density at radius 1 is 1.16 bits per heavy atom. The molecular weight excluding hydrogens is 312 g/mol. The number of carbonyl (C=O) groups is 1. The molecule has 2 aliphatic rings. The fraction of sp³-hybridized carbons (Fsp3) is 0.571. The molecule has 1 aromatic carbocycles. The topological polar surface area (TPSA) is 32.8 Å². The number of rotatable bonds is 4. The van der Waals surface area contributed by atoms with Gasteiger partial charge in [-0.25, -0.2) is 0 Å². The zero-order valence-electron chi connectivity index (χ0n) is 16.1. The molecule has 0 radical (unpaired) electrons. The van der Waals surface area contributed by atoms with Crippen LogP contribution in [-0.4, -0.2) is 44.1 Å². The number of methoxy groups -OCH3 is 1. The second kappa shape index (κ2) is 6.74. The zero-order valence-corrected chi connectivity index (χ0v) is 16.1. The highest BCUT2D eigenvalue weighted by Crippen LogP contribution is 2.60. The number of anilines is 1. The number of amides is 1. The normalized spacial score (nSPS) is 24.7. The van der Waals surface area contributed by atoms with E-state index in [9.17, 15) is 4.79 Å². The van der Waals surface area contributed by atoms with Crippen LogP contribution in [0.5, 0.6) is 5.75 Å². The van der Waals surface area contributed by atoms with Gasteiger partial charge in [0.2, 0.25) is 5.91 Å². The van der Waals surface area contributed by atoms with Crippen molar-refractivity contribution in [3.63, 3.8) is 0 Å². The Labute approximate surface area is 151 Å². The molecule has 2 unspecified atom stereocenters. The van der Waals surface area contributed by atoms with E-state index < -0.39 is 0 Å². The van der Waals surface area contributed by atoms with Gasteiger partial charge in [-0.3, -0.25) is 4.79 Å². The second-order valence-electron chi connectivity index (χ2n) is 8.05. The summed E-state index contributed by atoms with van der Waals surface area (Å²) in [5, 5.41) is 0. The van der Waals surface area contributed by atoms with Crippen LogP contribution in [0, 0.1) is 17.3 Å². The summed E-state index contributed by atoms with van der Waals surface area (Å²) >= 11 is 0. The molecule has 2 fully saturated rings. The van der Waals surface area contributed by atoms with Gasteiger partial charge in [0.15, 0.2) is 0 Å². The van der Waals surface area contributed by atoms with E-state index in [1.165, 1.54) is 5.57 Å². The molecular formula is C21H30N2O2. The number of ether oxygens (including phenoxy) is 1. The fourth-order valence-corrected chi connectivity index (χ4v) is 4.07. The Hall–Kier alpha value is -1.97. The van der Waals surface area contributed by atoms with Gasteiger partial charge in [0.1, 0.15) is 5.75 Å². The van der Waals surface area contributed by atoms with E-state index in [1.54, 1.807) is 7.11 Å². The van der Waals surface area contributed by atoms with Crippen LogP contribution in [0.2, 0.25) is 0 Å². The Morgan fingerprint density at radius 3 is 2.40 bits per heavy atom. The van der Waals surface area contributed by atoms with E-state index >= 15 is 0 Å². The van der Waals surface area contributed by atoms with Crippen molar-refractivity contribution < 1.29 is 9.53 Å². The first kappa shape index (κ1) is 17.8. The molecule has 136 valence electrons. The average molecular weight is 342 g/mol. The van der Waals surface area contributed by atoms with E-state index in [2.05, 4.69) is 49.6 Å². The smallest absolute Gasteiger partial charge is 0.226 e. The molecule has 1 heterocycles. The van der Waals surface area contributed by atoms with Crippen LogP contribution < -0.4 is 9.64 Å². The molecule has 1 aliphatic carbocycles. The van der Waals surface area contributed by atoms with Gasteiger partial charge in [-0.05, 0) is 37.3 Å². The third-order valence-electron chi connectivity index (χ3n) is 5.71. The number of benzene rings is 1. The number of nitrogens with zero attached hydrogens (tertiary/aromatic N) is 2. The highest BCUT2D eigenvalue weighted by molar-refractivity contribution is 5.84. The fourth-order valence-electron chi connectivity index (χ4n) is 4.07. The van der Waals surface area contributed by atoms with E-state index in [0.717, 1.165) is 37.6 Å². The number of hydrogen-bond acceptors (Lipinski definition) is 3. The van der Waals surface area contributed by atoms with Gasteiger partial charge in [0.25, 0.3) is 0 Å². The van der Waals surface area contributed by atoms with Gasteiger partial charge in [-0.1, -0.05) is 37.6 Å². The molecule has 1 saturated carbocycles. The number of para-hydroxylation sites is 2. The third kappa shape index (κ3) is 3.39. The molecule has 3 rings (SSSR count). The molecule has 2 atom stereocenters. The van der Waals surface area contributed by atoms with Crippen LogP contribution in [0.15, 0.2) is 35.9 Å². The minimum Gasteiger partial charge on any atom is -0.495 e. The first-order chi connectivity index (χ1) is 11.9. The van der Waals surface area contributed by atoms with Crippen molar-refractivity contribution in [2.75, 3.05) is 38.2 Å². The number of allylic oxidation sites excluding steroid dienone is 2. The van der Waals surface area contributed by atoms with Crippen LogP contribution in [0.3, 0.4) is 0 Å². The van der Waals surface area contributed by atoms with Crippen LogP contribution in [0.1, 0.15) is 27.7 Å². The standard InChI is InChI=1S/C21H30N2O2/c1-15(2)14-16-19(21(16,3)4)20(24)23-12-10-22(11-13-23)17-8-6-7-9-18(17)25-5/h6-9,14,16,19H,10-13H2,1-5H3. The number of piperazine rings is 1. The van der Waals surface area contributed by atoms with Gasteiger partial charge in [-0.15, -0.1) is 0 Å². The highest BCUT2D eigenvalue weighted by Gasteiger charge is 2.61. The van der Waals surface area contributed by atoms with Gasteiger partial charge < -0.3 is 14.5 Å². The van der Waals surface area contributed by atoms with Crippen LogP contribution in [-0.2, 0) is 4.79 Å². The average Bonchev–Trinajstić information content (AvgIpc) is 3.13. The molecule has 1 saturated heterocycles. The Bertz CT molecular complexity index is 668. The van der Waals surface area contributed by atoms with E-state index in [-0.39, 0.29) is 11.3 Å². The molecule has 0 spiro atoms. The zero-order chi connectivity index (χ0) is 18.2. The number of hydrogen-bond donors (Lipinski definition) is 0. The lowest BCUT2D eigenvalue weighted by Crippen LogP contribution is -2.49. The van der Waals surface area contributed by atoms with Crippen molar-refractivity contribution in [1.82, 2.24) is 4.90 Å². The minimum absolute atomic E-state index is 0.0914. The SMILES string of the molecule is COc1ccccc1N1CCN(C(=O)C2C(C=C(C)C)C2(C)C)CC1. The summed E-state index contributed by atoms with van der Waals surface area (Å²) in [6.07, 6.45) is 2.27. The van der Waals surface area contributed by atoms with E-state index in [0.29, 0.717) is 11.8 Å². The molecule has 4 heteroatoms. The number of carbonyl (C=O) groups excluding carboxylic acids is 1. The lowest BCUT2D eigenvalue weighted by molar-refractivity contribution is -0.133. The minimum atomic E-state index is 0.0914. The summed E-state index contributed by atoms with van der Waals surface area (Å²) < 4.78 is 5.47.